The van der Waals surface area contributed by atoms with Crippen molar-refractivity contribution in [1.29, 1.82) is 0 Å². The maximum Gasteiger partial charge on any atom is 0.170 e. The molecule has 0 atom stereocenters. The van der Waals surface area contributed by atoms with Crippen LogP contribution in [0.15, 0.2) is 30.3 Å². The Morgan fingerprint density at radius 2 is 1.91 bits per heavy atom. The van der Waals surface area contributed by atoms with Crippen LogP contribution < -0.4 is 0 Å². The largest absolute Gasteiger partial charge is 0.313 e. The number of benzene rings is 1. The molecule has 0 radical (unpaired) electrons. The van der Waals surface area contributed by atoms with E-state index in [2.05, 4.69) is 35.2 Å². The standard InChI is InChI=1S/C14H16N8/c1-11-15-16-13-9-20(7-8-21(11)13)10-14-17-18-19-22(14)12-5-3-2-4-6-12/h2-6H,7-10H2,1H3. The van der Waals surface area contributed by atoms with Gasteiger partial charge in [-0.05, 0) is 29.5 Å². The summed E-state index contributed by atoms with van der Waals surface area (Å²) in [6, 6.07) is 9.93. The van der Waals surface area contributed by atoms with E-state index < -0.39 is 0 Å². The molecule has 0 aliphatic carbocycles. The van der Waals surface area contributed by atoms with E-state index in [1.165, 1.54) is 0 Å². The van der Waals surface area contributed by atoms with Gasteiger partial charge in [0.05, 0.1) is 18.8 Å². The van der Waals surface area contributed by atoms with E-state index in [4.69, 9.17) is 0 Å². The summed E-state index contributed by atoms with van der Waals surface area (Å²) in [4.78, 5) is 2.29. The van der Waals surface area contributed by atoms with Crippen molar-refractivity contribution in [3.63, 3.8) is 0 Å². The zero-order valence-corrected chi connectivity index (χ0v) is 12.3. The fourth-order valence-corrected chi connectivity index (χ4v) is 2.76. The molecule has 3 heterocycles. The highest BCUT2D eigenvalue weighted by Gasteiger charge is 2.21. The Labute approximate surface area is 127 Å². The van der Waals surface area contributed by atoms with Crippen LogP contribution in [0.3, 0.4) is 0 Å². The van der Waals surface area contributed by atoms with Crippen molar-refractivity contribution >= 4 is 0 Å². The lowest BCUT2D eigenvalue weighted by molar-refractivity contribution is 0.201. The quantitative estimate of drug-likeness (QED) is 0.703. The Morgan fingerprint density at radius 1 is 1.05 bits per heavy atom. The Balaban J connectivity index is 1.55. The molecule has 0 fully saturated rings. The summed E-state index contributed by atoms with van der Waals surface area (Å²) >= 11 is 0. The second-order valence-corrected chi connectivity index (χ2v) is 5.37. The topological polar surface area (TPSA) is 77.6 Å². The lowest BCUT2D eigenvalue weighted by atomic mass is 10.3. The Morgan fingerprint density at radius 3 is 2.77 bits per heavy atom. The first-order valence-electron chi connectivity index (χ1n) is 7.25. The Kier molecular flexibility index (Phi) is 3.15. The summed E-state index contributed by atoms with van der Waals surface area (Å²) in [7, 11) is 0. The molecule has 0 unspecified atom stereocenters. The summed E-state index contributed by atoms with van der Waals surface area (Å²) < 4.78 is 3.95. The third-order valence-electron chi connectivity index (χ3n) is 3.92. The van der Waals surface area contributed by atoms with E-state index in [-0.39, 0.29) is 0 Å². The zero-order chi connectivity index (χ0) is 14.9. The van der Waals surface area contributed by atoms with Crippen LogP contribution in [0.4, 0.5) is 0 Å². The van der Waals surface area contributed by atoms with Gasteiger partial charge < -0.3 is 4.57 Å². The molecule has 112 valence electrons. The minimum atomic E-state index is 0.688. The lowest BCUT2D eigenvalue weighted by Crippen LogP contribution is -2.34. The molecular weight excluding hydrogens is 280 g/mol. The molecule has 4 rings (SSSR count). The second kappa shape index (κ2) is 5.30. The van der Waals surface area contributed by atoms with Gasteiger partial charge in [-0.25, -0.2) is 0 Å². The molecule has 0 N–H and O–H groups in total. The number of aryl methyl sites for hydroxylation is 1. The molecule has 1 aliphatic rings. The number of tetrazole rings is 1. The van der Waals surface area contributed by atoms with Gasteiger partial charge in [0.1, 0.15) is 11.6 Å². The Bertz CT molecular complexity index is 775. The van der Waals surface area contributed by atoms with Crippen LogP contribution in [0.2, 0.25) is 0 Å². The van der Waals surface area contributed by atoms with Crippen LogP contribution in [0.25, 0.3) is 5.69 Å². The Hall–Kier alpha value is -2.61. The molecule has 3 aromatic rings. The van der Waals surface area contributed by atoms with Crippen molar-refractivity contribution in [2.75, 3.05) is 6.54 Å². The maximum atomic E-state index is 4.23. The minimum Gasteiger partial charge on any atom is -0.313 e. The first-order chi connectivity index (χ1) is 10.8. The second-order valence-electron chi connectivity index (χ2n) is 5.37. The van der Waals surface area contributed by atoms with Crippen molar-refractivity contribution in [3.05, 3.63) is 47.8 Å². The summed E-state index contributed by atoms with van der Waals surface area (Å²) in [5.74, 6) is 2.81. The fraction of sp³-hybridized carbons (Fsp3) is 0.357. The summed E-state index contributed by atoms with van der Waals surface area (Å²) in [5.41, 5.74) is 0.971. The number of hydrogen-bond donors (Lipinski definition) is 0. The van der Waals surface area contributed by atoms with Gasteiger partial charge in [0.2, 0.25) is 0 Å². The van der Waals surface area contributed by atoms with Crippen LogP contribution in [-0.4, -0.2) is 46.4 Å². The first kappa shape index (κ1) is 13.1. The highest BCUT2D eigenvalue weighted by Crippen LogP contribution is 2.15. The average molecular weight is 296 g/mol. The number of para-hydroxylation sites is 1. The molecule has 2 aromatic heterocycles. The van der Waals surface area contributed by atoms with Crippen molar-refractivity contribution in [2.24, 2.45) is 0 Å². The summed E-state index contributed by atoms with van der Waals surface area (Å²) in [5, 5.41) is 20.4. The van der Waals surface area contributed by atoms with Crippen molar-refractivity contribution in [2.45, 2.75) is 26.6 Å². The van der Waals surface area contributed by atoms with Gasteiger partial charge in [-0.1, -0.05) is 18.2 Å². The number of hydrogen-bond acceptors (Lipinski definition) is 6. The van der Waals surface area contributed by atoms with Crippen molar-refractivity contribution in [3.8, 4) is 5.69 Å². The van der Waals surface area contributed by atoms with Crippen LogP contribution >= 0.6 is 0 Å². The smallest absolute Gasteiger partial charge is 0.170 e. The van der Waals surface area contributed by atoms with E-state index in [0.717, 1.165) is 42.8 Å². The van der Waals surface area contributed by atoms with Crippen LogP contribution in [0, 0.1) is 6.92 Å². The molecule has 1 aromatic carbocycles. The number of rotatable bonds is 3. The van der Waals surface area contributed by atoms with Gasteiger partial charge in [-0.15, -0.1) is 15.3 Å². The van der Waals surface area contributed by atoms with E-state index in [0.29, 0.717) is 6.54 Å². The molecule has 0 amide bonds. The van der Waals surface area contributed by atoms with Gasteiger partial charge in [-0.3, -0.25) is 4.90 Å². The van der Waals surface area contributed by atoms with E-state index in [1.807, 2.05) is 37.3 Å². The lowest BCUT2D eigenvalue weighted by Gasteiger charge is -2.26. The molecule has 22 heavy (non-hydrogen) atoms. The number of fused-ring (bicyclic) bond motifs is 1. The SMILES string of the molecule is Cc1nnc2n1CCN(Cc1nnnn1-c1ccccc1)C2. The van der Waals surface area contributed by atoms with E-state index in [1.54, 1.807) is 4.68 Å². The predicted molar refractivity (Wildman–Crippen MR) is 78.0 cm³/mol. The number of aromatic nitrogens is 7. The molecule has 1 aliphatic heterocycles. The molecule has 0 saturated carbocycles. The van der Waals surface area contributed by atoms with Crippen LogP contribution in [0.1, 0.15) is 17.5 Å². The van der Waals surface area contributed by atoms with Crippen LogP contribution in [-0.2, 0) is 19.6 Å². The van der Waals surface area contributed by atoms with Crippen molar-refractivity contribution < 1.29 is 0 Å². The minimum absolute atomic E-state index is 0.688. The molecular formula is C14H16N8. The molecule has 8 heteroatoms. The van der Waals surface area contributed by atoms with Gasteiger partial charge >= 0.3 is 0 Å². The predicted octanol–water partition coefficient (Wildman–Crippen LogP) is 0.578. The van der Waals surface area contributed by atoms with E-state index in [9.17, 15) is 0 Å². The molecule has 0 spiro atoms. The fourth-order valence-electron chi connectivity index (χ4n) is 2.76. The normalized spacial score (nSPS) is 15.0. The van der Waals surface area contributed by atoms with Gasteiger partial charge in [-0.2, -0.15) is 4.68 Å². The molecule has 0 saturated heterocycles. The highest BCUT2D eigenvalue weighted by atomic mass is 15.5. The average Bonchev–Trinajstić information content (AvgIpc) is 3.15. The molecule has 0 bridgehead atoms. The van der Waals surface area contributed by atoms with Gasteiger partial charge in [0, 0.05) is 13.1 Å². The van der Waals surface area contributed by atoms with Crippen molar-refractivity contribution in [1.82, 2.24) is 39.9 Å². The van der Waals surface area contributed by atoms with E-state index >= 15 is 0 Å². The summed E-state index contributed by atoms with van der Waals surface area (Å²) in [6.07, 6.45) is 0. The third-order valence-corrected chi connectivity index (χ3v) is 3.92. The highest BCUT2D eigenvalue weighted by molar-refractivity contribution is 5.30. The number of nitrogens with zero attached hydrogens (tertiary/aromatic N) is 8. The summed E-state index contributed by atoms with van der Waals surface area (Å²) in [6.45, 7) is 5.28. The third kappa shape index (κ3) is 2.27. The van der Waals surface area contributed by atoms with Crippen LogP contribution in [0.5, 0.6) is 0 Å². The first-order valence-corrected chi connectivity index (χ1v) is 7.25. The monoisotopic (exact) mass is 296 g/mol. The van der Waals surface area contributed by atoms with Gasteiger partial charge in [0.25, 0.3) is 0 Å². The van der Waals surface area contributed by atoms with Gasteiger partial charge in [0.15, 0.2) is 5.82 Å². The molecule has 8 nitrogen and oxygen atoms in total. The maximum absolute atomic E-state index is 4.23. The zero-order valence-electron chi connectivity index (χ0n) is 12.3.